The number of carbonyl (C=O) groups is 1. The zero-order valence-corrected chi connectivity index (χ0v) is 18.1. The summed E-state index contributed by atoms with van der Waals surface area (Å²) in [6, 6.07) is 4.62. The summed E-state index contributed by atoms with van der Waals surface area (Å²) >= 11 is 0. The molecule has 0 unspecified atom stereocenters. The molecule has 0 spiro atoms. The number of alkyl halides is 5. The van der Waals surface area contributed by atoms with Crippen molar-refractivity contribution < 1.29 is 40.6 Å². The van der Waals surface area contributed by atoms with E-state index in [9.17, 15) is 22.4 Å². The molecule has 2 aromatic rings. The molecule has 1 aliphatic rings. The Hall–Kier alpha value is -3.51. The first-order chi connectivity index (χ1) is 15.6. The van der Waals surface area contributed by atoms with E-state index in [1.807, 2.05) is 0 Å². The van der Waals surface area contributed by atoms with E-state index in [4.69, 9.17) is 10.5 Å². The van der Waals surface area contributed by atoms with Crippen molar-refractivity contribution in [3.63, 3.8) is 0 Å². The average Bonchev–Trinajstić information content (AvgIpc) is 2.71. The minimum atomic E-state index is -4.54. The Morgan fingerprint density at radius 3 is 2.44 bits per heavy atom. The summed E-state index contributed by atoms with van der Waals surface area (Å²) in [4.78, 5) is 19.8. The van der Waals surface area contributed by atoms with Crippen LogP contribution in [0, 0.1) is 5.82 Å². The monoisotopic (exact) mass is 490 g/mol. The van der Waals surface area contributed by atoms with E-state index in [-0.39, 0.29) is 17.1 Å². The lowest BCUT2D eigenvalue weighted by Gasteiger charge is -2.47. The summed E-state index contributed by atoms with van der Waals surface area (Å²) in [7, 11) is 0. The molecule has 3 N–H and O–H groups in total. The lowest BCUT2D eigenvalue weighted by atomic mass is 9.78. The smallest absolute Gasteiger partial charge is 0.422 e. The third-order valence-electron chi connectivity index (χ3n) is 5.18. The molecule has 1 amide bonds. The first-order valence-electron chi connectivity index (χ1n) is 9.75. The molecule has 0 saturated heterocycles. The van der Waals surface area contributed by atoms with Gasteiger partial charge in [0.15, 0.2) is 6.61 Å². The Morgan fingerprint density at radius 1 is 1.18 bits per heavy atom. The predicted octanol–water partition coefficient (Wildman–Crippen LogP) is 4.39. The number of hydrogen-bond acceptors (Lipinski definition) is 6. The van der Waals surface area contributed by atoms with Gasteiger partial charge in [-0.15, -0.1) is 0 Å². The quantitative estimate of drug-likeness (QED) is 0.606. The van der Waals surface area contributed by atoms with Gasteiger partial charge < -0.3 is 20.5 Å². The van der Waals surface area contributed by atoms with Gasteiger partial charge in [0.25, 0.3) is 11.9 Å². The lowest BCUT2D eigenvalue weighted by Crippen LogP contribution is -2.62. The van der Waals surface area contributed by atoms with Crippen molar-refractivity contribution in [1.29, 1.82) is 0 Å². The van der Waals surface area contributed by atoms with Gasteiger partial charge in [-0.05, 0) is 51.1 Å². The number of carbonyl (C=O) groups excluding carboxylic acids is 1. The third-order valence-corrected chi connectivity index (χ3v) is 5.18. The predicted molar refractivity (Wildman–Crippen MR) is 109 cm³/mol. The summed E-state index contributed by atoms with van der Waals surface area (Å²) in [6.07, 6.45) is -3.63. The van der Waals surface area contributed by atoms with Crippen LogP contribution in [0.15, 0.2) is 41.5 Å². The van der Waals surface area contributed by atoms with Crippen LogP contribution < -0.4 is 15.8 Å². The minimum Gasteiger partial charge on any atom is -0.483 e. The van der Waals surface area contributed by atoms with Crippen LogP contribution in [0.2, 0.25) is 0 Å². The van der Waals surface area contributed by atoms with Crippen LogP contribution in [-0.4, -0.2) is 41.2 Å². The van der Waals surface area contributed by atoms with E-state index in [0.717, 1.165) is 57.3 Å². The fourth-order valence-corrected chi connectivity index (χ4v) is 3.38. The Balaban J connectivity index is 1.84. The topological polar surface area (TPSA) is 98.8 Å². The fourth-order valence-electron chi connectivity index (χ4n) is 3.38. The molecule has 1 atom stereocenters. The van der Waals surface area contributed by atoms with Gasteiger partial charge in [0, 0.05) is 11.3 Å². The molecule has 1 aliphatic heterocycles. The van der Waals surface area contributed by atoms with Crippen LogP contribution in [0.4, 0.5) is 32.0 Å². The standard InChI is InChI=1S/C21H20F6N4O3/c1-18(2)21(26,27)19(3,34-17(28)31-18)13-8-11(4-6-14(13)22)30-16(32)15-7-5-12(9-29-15)33-10-20(23,24)25/h4-9H,10H2,1-3H3,(H2,28,31)(H,30,32)/t19-/m1/s1. The van der Waals surface area contributed by atoms with Crippen LogP contribution in [0.1, 0.15) is 36.8 Å². The summed E-state index contributed by atoms with van der Waals surface area (Å²) in [5.74, 6) is -5.79. The highest BCUT2D eigenvalue weighted by Crippen LogP contribution is 2.51. The van der Waals surface area contributed by atoms with Crippen LogP contribution in [0.25, 0.3) is 0 Å². The number of hydrogen-bond donors (Lipinski definition) is 2. The second kappa shape index (κ2) is 8.37. The van der Waals surface area contributed by atoms with Crippen molar-refractivity contribution in [3.05, 3.63) is 53.6 Å². The Labute approximate surface area is 190 Å². The molecular formula is C21H20F6N4O3. The van der Waals surface area contributed by atoms with Gasteiger partial charge in [0.1, 0.15) is 22.8 Å². The minimum absolute atomic E-state index is 0.0693. The number of amidine groups is 1. The molecule has 1 aromatic carbocycles. The zero-order chi connectivity index (χ0) is 25.5. The first-order valence-corrected chi connectivity index (χ1v) is 9.75. The van der Waals surface area contributed by atoms with Gasteiger partial charge in [-0.2, -0.15) is 22.0 Å². The van der Waals surface area contributed by atoms with E-state index in [1.54, 1.807) is 0 Å². The summed E-state index contributed by atoms with van der Waals surface area (Å²) in [5.41, 5.74) is 0.135. The van der Waals surface area contributed by atoms with E-state index in [1.165, 1.54) is 0 Å². The highest BCUT2D eigenvalue weighted by molar-refractivity contribution is 6.02. The average molecular weight is 490 g/mol. The number of aromatic nitrogens is 1. The number of nitrogens with two attached hydrogens (primary N) is 1. The maximum absolute atomic E-state index is 15.3. The SMILES string of the molecule is CC1(C)N=C(N)O[C@](C)(c2cc(NC(=O)c3ccc(OCC(F)(F)F)cn3)ccc2F)C1(F)F. The second-order valence-corrected chi connectivity index (χ2v) is 8.15. The van der Waals surface area contributed by atoms with Gasteiger partial charge >= 0.3 is 12.1 Å². The number of nitrogens with one attached hydrogen (secondary N) is 1. The van der Waals surface area contributed by atoms with Gasteiger partial charge in [-0.3, -0.25) is 4.79 Å². The van der Waals surface area contributed by atoms with Crippen LogP contribution in [-0.2, 0) is 10.3 Å². The van der Waals surface area contributed by atoms with E-state index in [2.05, 4.69) is 20.0 Å². The normalized spacial score (nSPS) is 21.3. The van der Waals surface area contributed by atoms with Crippen molar-refractivity contribution >= 4 is 17.6 Å². The van der Waals surface area contributed by atoms with E-state index in [0.29, 0.717) is 0 Å². The Kier molecular flexibility index (Phi) is 6.18. The van der Waals surface area contributed by atoms with Crippen molar-refractivity contribution in [3.8, 4) is 5.75 Å². The summed E-state index contributed by atoms with van der Waals surface area (Å²) in [6.45, 7) is 1.67. The van der Waals surface area contributed by atoms with Crippen molar-refractivity contribution in [1.82, 2.24) is 4.98 Å². The number of amides is 1. The van der Waals surface area contributed by atoms with Crippen molar-refractivity contribution in [2.45, 2.75) is 44.0 Å². The molecule has 1 aromatic heterocycles. The summed E-state index contributed by atoms with van der Waals surface area (Å²) in [5, 5.41) is 2.37. The molecule has 3 rings (SSSR count). The highest BCUT2D eigenvalue weighted by atomic mass is 19.4. The molecular weight excluding hydrogens is 470 g/mol. The summed E-state index contributed by atoms with van der Waals surface area (Å²) < 4.78 is 91.5. The van der Waals surface area contributed by atoms with E-state index >= 15 is 8.78 Å². The molecule has 34 heavy (non-hydrogen) atoms. The van der Waals surface area contributed by atoms with Gasteiger partial charge in [-0.1, -0.05) is 0 Å². The van der Waals surface area contributed by atoms with Crippen LogP contribution in [0.5, 0.6) is 5.75 Å². The molecule has 0 fully saturated rings. The second-order valence-electron chi connectivity index (χ2n) is 8.15. The van der Waals surface area contributed by atoms with Crippen molar-refractivity contribution in [2.24, 2.45) is 10.7 Å². The molecule has 184 valence electrons. The molecule has 0 aliphatic carbocycles. The highest BCUT2D eigenvalue weighted by Gasteiger charge is 2.66. The number of benzene rings is 1. The third kappa shape index (κ3) is 4.73. The number of ether oxygens (including phenoxy) is 2. The Morgan fingerprint density at radius 2 is 1.85 bits per heavy atom. The van der Waals surface area contributed by atoms with Crippen LogP contribution in [0.3, 0.4) is 0 Å². The van der Waals surface area contributed by atoms with Gasteiger partial charge in [-0.25, -0.2) is 14.4 Å². The zero-order valence-electron chi connectivity index (χ0n) is 18.1. The van der Waals surface area contributed by atoms with E-state index < -0.39 is 53.2 Å². The number of pyridine rings is 1. The van der Waals surface area contributed by atoms with Gasteiger partial charge in [0.05, 0.1) is 6.20 Å². The van der Waals surface area contributed by atoms with Crippen molar-refractivity contribution in [2.75, 3.05) is 11.9 Å². The number of halogens is 6. The molecule has 7 nitrogen and oxygen atoms in total. The fraction of sp³-hybridized carbons (Fsp3) is 0.381. The largest absolute Gasteiger partial charge is 0.483 e. The Bertz CT molecular complexity index is 1120. The maximum Gasteiger partial charge on any atom is 0.422 e. The molecule has 0 radical (unpaired) electrons. The number of aliphatic imine (C=N–C) groups is 1. The molecule has 2 heterocycles. The number of anilines is 1. The maximum atomic E-state index is 15.3. The number of nitrogens with zero attached hydrogens (tertiary/aromatic N) is 2. The molecule has 13 heteroatoms. The van der Waals surface area contributed by atoms with Gasteiger partial charge in [0.2, 0.25) is 5.60 Å². The lowest BCUT2D eigenvalue weighted by molar-refractivity contribution is -0.215. The first kappa shape index (κ1) is 25.1. The van der Waals surface area contributed by atoms with Crippen LogP contribution >= 0.6 is 0 Å². The molecule has 0 saturated carbocycles. The number of rotatable bonds is 5. The molecule has 0 bridgehead atoms.